The Morgan fingerprint density at radius 2 is 1.56 bits per heavy atom. The van der Waals surface area contributed by atoms with Crippen LogP contribution in [0.15, 0.2) is 0 Å². The van der Waals surface area contributed by atoms with Crippen molar-refractivity contribution in [3.63, 3.8) is 0 Å². The van der Waals surface area contributed by atoms with Crippen LogP contribution in [0.1, 0.15) is 64.7 Å². The molecule has 1 heteroatoms. The van der Waals surface area contributed by atoms with Crippen LogP contribution in [0, 0.1) is 11.8 Å². The number of rotatable bonds is 3. The number of hydrogen-bond donors (Lipinski definition) is 0. The molecule has 2 rings (SSSR count). The highest BCUT2D eigenvalue weighted by molar-refractivity contribution is 4.74. The van der Waals surface area contributed by atoms with Gasteiger partial charge in [0.25, 0.3) is 0 Å². The second-order valence-electron chi connectivity index (χ2n) is 6.01. The van der Waals surface area contributed by atoms with Crippen molar-refractivity contribution in [2.75, 3.05) is 19.6 Å². The van der Waals surface area contributed by atoms with E-state index in [2.05, 4.69) is 11.8 Å². The van der Waals surface area contributed by atoms with Crippen molar-refractivity contribution in [3.8, 4) is 0 Å². The monoisotopic (exact) mass is 223 g/mol. The fourth-order valence-corrected chi connectivity index (χ4v) is 3.55. The van der Waals surface area contributed by atoms with E-state index in [-0.39, 0.29) is 0 Å². The molecule has 1 heterocycles. The van der Waals surface area contributed by atoms with Gasteiger partial charge in [-0.25, -0.2) is 0 Å². The highest BCUT2D eigenvalue weighted by atomic mass is 15.1. The minimum Gasteiger partial charge on any atom is -0.303 e. The summed E-state index contributed by atoms with van der Waals surface area (Å²) >= 11 is 0. The quantitative estimate of drug-likeness (QED) is 0.697. The maximum atomic E-state index is 2.77. The summed E-state index contributed by atoms with van der Waals surface area (Å²) in [6.07, 6.45) is 13.3. The summed E-state index contributed by atoms with van der Waals surface area (Å²) in [7, 11) is 0. The number of hydrogen-bond acceptors (Lipinski definition) is 1. The van der Waals surface area contributed by atoms with Crippen LogP contribution in [0.25, 0.3) is 0 Å². The molecule has 1 atom stereocenters. The molecule has 0 aromatic carbocycles. The average Bonchev–Trinajstić information content (AvgIpc) is 2.56. The summed E-state index contributed by atoms with van der Waals surface area (Å²) in [4.78, 5) is 2.77. The number of nitrogens with zero attached hydrogens (tertiary/aromatic N) is 1. The first-order valence-corrected chi connectivity index (χ1v) is 7.61. The molecule has 0 bridgehead atoms. The molecule has 16 heavy (non-hydrogen) atoms. The molecule has 1 nitrogen and oxygen atoms in total. The molecule has 1 saturated carbocycles. The van der Waals surface area contributed by atoms with Gasteiger partial charge in [-0.2, -0.15) is 0 Å². The second kappa shape index (κ2) is 6.64. The molecular weight excluding hydrogens is 194 g/mol. The largest absolute Gasteiger partial charge is 0.303 e. The summed E-state index contributed by atoms with van der Waals surface area (Å²) in [5, 5.41) is 0. The van der Waals surface area contributed by atoms with E-state index in [9.17, 15) is 0 Å². The molecule has 94 valence electrons. The minimum absolute atomic E-state index is 1.02. The van der Waals surface area contributed by atoms with E-state index in [1.807, 2.05) is 0 Å². The lowest BCUT2D eigenvalue weighted by molar-refractivity contribution is 0.204. The Morgan fingerprint density at radius 3 is 2.31 bits per heavy atom. The van der Waals surface area contributed by atoms with Gasteiger partial charge in [-0.05, 0) is 57.0 Å². The van der Waals surface area contributed by atoms with Crippen molar-refractivity contribution >= 4 is 0 Å². The summed E-state index contributed by atoms with van der Waals surface area (Å²) in [5.41, 5.74) is 0. The van der Waals surface area contributed by atoms with Gasteiger partial charge in [-0.1, -0.05) is 32.6 Å². The molecule has 1 aliphatic heterocycles. The van der Waals surface area contributed by atoms with E-state index in [1.165, 1.54) is 77.4 Å². The zero-order valence-corrected chi connectivity index (χ0v) is 11.1. The van der Waals surface area contributed by atoms with Crippen LogP contribution in [0.5, 0.6) is 0 Å². The molecule has 1 saturated heterocycles. The predicted molar refractivity (Wildman–Crippen MR) is 70.6 cm³/mol. The summed E-state index contributed by atoms with van der Waals surface area (Å²) < 4.78 is 0. The SMILES string of the molecule is CCC1CCCN(CC2CCCCC2)CC1. The first-order valence-electron chi connectivity index (χ1n) is 7.61. The van der Waals surface area contributed by atoms with Gasteiger partial charge in [0.05, 0.1) is 0 Å². The Bertz CT molecular complexity index is 184. The molecule has 0 aromatic rings. The van der Waals surface area contributed by atoms with Crippen molar-refractivity contribution in [3.05, 3.63) is 0 Å². The third-order valence-corrected chi connectivity index (χ3v) is 4.76. The molecule has 0 N–H and O–H groups in total. The van der Waals surface area contributed by atoms with Gasteiger partial charge in [0.1, 0.15) is 0 Å². The minimum atomic E-state index is 1.02. The van der Waals surface area contributed by atoms with Crippen LogP contribution >= 0.6 is 0 Å². The number of likely N-dealkylation sites (tertiary alicyclic amines) is 1. The van der Waals surface area contributed by atoms with Crippen molar-refractivity contribution in [1.82, 2.24) is 4.90 Å². The van der Waals surface area contributed by atoms with Gasteiger partial charge >= 0.3 is 0 Å². The molecular formula is C15H29N. The smallest absolute Gasteiger partial charge is 0.000966 e. The Morgan fingerprint density at radius 1 is 0.812 bits per heavy atom. The lowest BCUT2D eigenvalue weighted by atomic mass is 9.89. The molecule has 1 aliphatic carbocycles. The van der Waals surface area contributed by atoms with Crippen LogP contribution in [0.4, 0.5) is 0 Å². The molecule has 2 aliphatic rings. The van der Waals surface area contributed by atoms with Crippen molar-refractivity contribution in [2.24, 2.45) is 11.8 Å². The Balaban J connectivity index is 1.72. The van der Waals surface area contributed by atoms with Crippen LogP contribution in [-0.2, 0) is 0 Å². The van der Waals surface area contributed by atoms with Gasteiger partial charge < -0.3 is 4.90 Å². The fourth-order valence-electron chi connectivity index (χ4n) is 3.55. The van der Waals surface area contributed by atoms with Gasteiger partial charge in [0.2, 0.25) is 0 Å². The van der Waals surface area contributed by atoms with Crippen LogP contribution in [0.2, 0.25) is 0 Å². The normalized spacial score (nSPS) is 30.2. The van der Waals surface area contributed by atoms with Crippen molar-refractivity contribution in [2.45, 2.75) is 64.7 Å². The van der Waals surface area contributed by atoms with E-state index >= 15 is 0 Å². The molecule has 2 fully saturated rings. The molecule has 0 aromatic heterocycles. The van der Waals surface area contributed by atoms with E-state index < -0.39 is 0 Å². The molecule has 0 radical (unpaired) electrons. The highest BCUT2D eigenvalue weighted by Crippen LogP contribution is 2.26. The molecule has 0 spiro atoms. The summed E-state index contributed by atoms with van der Waals surface area (Å²) in [5.74, 6) is 2.06. The second-order valence-corrected chi connectivity index (χ2v) is 6.01. The lowest BCUT2D eigenvalue weighted by Crippen LogP contribution is -2.31. The van der Waals surface area contributed by atoms with E-state index in [0.29, 0.717) is 0 Å². The lowest BCUT2D eigenvalue weighted by Gasteiger charge is -2.28. The van der Waals surface area contributed by atoms with Crippen LogP contribution < -0.4 is 0 Å². The Labute approximate surface area is 102 Å². The fraction of sp³-hybridized carbons (Fsp3) is 1.00. The van der Waals surface area contributed by atoms with E-state index in [0.717, 1.165) is 11.8 Å². The van der Waals surface area contributed by atoms with Crippen LogP contribution in [-0.4, -0.2) is 24.5 Å². The van der Waals surface area contributed by atoms with Gasteiger partial charge in [0.15, 0.2) is 0 Å². The topological polar surface area (TPSA) is 3.24 Å². The van der Waals surface area contributed by atoms with E-state index in [4.69, 9.17) is 0 Å². The summed E-state index contributed by atoms with van der Waals surface area (Å²) in [6, 6.07) is 0. The zero-order valence-electron chi connectivity index (χ0n) is 11.1. The third-order valence-electron chi connectivity index (χ3n) is 4.76. The highest BCUT2D eigenvalue weighted by Gasteiger charge is 2.20. The standard InChI is InChI=1S/C15H29N/c1-2-14-9-6-11-16(12-10-14)13-15-7-4-3-5-8-15/h14-15H,2-13H2,1H3. The van der Waals surface area contributed by atoms with Crippen molar-refractivity contribution < 1.29 is 0 Å². The zero-order chi connectivity index (χ0) is 11.2. The third kappa shape index (κ3) is 3.76. The Hall–Kier alpha value is -0.0400. The van der Waals surface area contributed by atoms with Crippen LogP contribution in [0.3, 0.4) is 0 Å². The van der Waals surface area contributed by atoms with Gasteiger partial charge in [-0.15, -0.1) is 0 Å². The Kier molecular flexibility index (Phi) is 5.15. The molecule has 0 amide bonds. The first-order chi connectivity index (χ1) is 7.88. The van der Waals surface area contributed by atoms with Gasteiger partial charge in [0, 0.05) is 6.54 Å². The maximum Gasteiger partial charge on any atom is 0.000966 e. The molecule has 1 unspecified atom stereocenters. The first kappa shape index (κ1) is 12.4. The maximum absolute atomic E-state index is 2.77. The van der Waals surface area contributed by atoms with Gasteiger partial charge in [-0.3, -0.25) is 0 Å². The predicted octanol–water partition coefficient (Wildman–Crippen LogP) is 4.08. The summed E-state index contributed by atoms with van der Waals surface area (Å²) in [6.45, 7) is 6.54. The van der Waals surface area contributed by atoms with Crippen molar-refractivity contribution in [1.29, 1.82) is 0 Å². The van der Waals surface area contributed by atoms with E-state index in [1.54, 1.807) is 0 Å². The average molecular weight is 223 g/mol.